The molecule has 0 heterocycles. The summed E-state index contributed by atoms with van der Waals surface area (Å²) in [6.07, 6.45) is 0. The van der Waals surface area contributed by atoms with Crippen LogP contribution in [0.3, 0.4) is 0 Å². The van der Waals surface area contributed by atoms with Gasteiger partial charge in [-0.25, -0.2) is 4.39 Å². The van der Waals surface area contributed by atoms with E-state index in [4.69, 9.17) is 0 Å². The summed E-state index contributed by atoms with van der Waals surface area (Å²) in [5.41, 5.74) is 0.974. The minimum absolute atomic E-state index is 0.0995. The number of alkyl halides is 1. The van der Waals surface area contributed by atoms with E-state index in [0.717, 1.165) is 0 Å². The first kappa shape index (κ1) is 13.8. The molecule has 0 aliphatic heterocycles. The molecule has 0 amide bonds. The molecule has 0 aromatic heterocycles. The Kier molecular flexibility index (Phi) is 4.99. The second-order valence-corrected chi connectivity index (χ2v) is 10.8. The minimum atomic E-state index is -2.14. The molecular weight excluding hydrogens is 195 g/mol. The molecule has 0 saturated heterocycles. The molecule has 1 nitrogen and oxygen atoms in total. The Balaban J connectivity index is 5.27. The molecule has 3 heteroatoms. The number of hydrogen-bond donors (Lipinski definition) is 0. The van der Waals surface area contributed by atoms with Gasteiger partial charge in [-0.15, -0.1) is 0 Å². The molecule has 14 heavy (non-hydrogen) atoms. The fourth-order valence-corrected chi connectivity index (χ4v) is 9.24. The van der Waals surface area contributed by atoms with Crippen molar-refractivity contribution < 1.29 is 9.18 Å². The molecule has 0 atom stereocenters. The highest BCUT2D eigenvalue weighted by molar-refractivity contribution is 7.08. The van der Waals surface area contributed by atoms with E-state index in [2.05, 4.69) is 41.5 Å². The lowest BCUT2D eigenvalue weighted by atomic mass is 10.5. The van der Waals surface area contributed by atoms with Crippen molar-refractivity contribution in [2.24, 2.45) is 0 Å². The van der Waals surface area contributed by atoms with Crippen LogP contribution in [-0.4, -0.2) is 20.2 Å². The van der Waals surface area contributed by atoms with Crippen molar-refractivity contribution >= 4 is 13.5 Å². The second kappa shape index (κ2) is 5.05. The van der Waals surface area contributed by atoms with Crippen molar-refractivity contribution in [3.05, 3.63) is 0 Å². The van der Waals surface area contributed by atoms with Crippen LogP contribution in [0.4, 0.5) is 4.39 Å². The maximum atomic E-state index is 12.6. The fraction of sp³-hybridized carbons (Fsp3) is 0.909. The van der Waals surface area contributed by atoms with E-state index >= 15 is 0 Å². The van der Waals surface area contributed by atoms with Crippen LogP contribution in [0.2, 0.25) is 16.6 Å². The molecule has 0 aliphatic rings. The van der Waals surface area contributed by atoms with Crippen LogP contribution < -0.4 is 0 Å². The molecule has 0 N–H and O–H groups in total. The van der Waals surface area contributed by atoms with E-state index in [9.17, 15) is 9.18 Å². The fourth-order valence-electron chi connectivity index (χ4n) is 3.08. The number of hydrogen-bond acceptors (Lipinski definition) is 1. The first-order chi connectivity index (χ1) is 6.31. The second-order valence-electron chi connectivity index (χ2n) is 4.95. The summed E-state index contributed by atoms with van der Waals surface area (Å²) >= 11 is 0. The lowest BCUT2D eigenvalue weighted by molar-refractivity contribution is -0.113. The first-order valence-corrected chi connectivity index (χ1v) is 7.64. The molecule has 0 spiro atoms. The summed E-state index contributed by atoms with van der Waals surface area (Å²) in [7, 11) is -2.14. The molecule has 84 valence electrons. The third-order valence-corrected chi connectivity index (χ3v) is 10.3. The molecule has 0 aromatic carbocycles. The summed E-state index contributed by atoms with van der Waals surface area (Å²) in [5.74, 6) is 0. The van der Waals surface area contributed by atoms with Gasteiger partial charge in [-0.05, 0) is 16.6 Å². The molecule has 0 unspecified atom stereocenters. The zero-order chi connectivity index (χ0) is 11.5. The normalized spacial score (nSPS) is 13.0. The molecule has 0 aromatic rings. The Morgan fingerprint density at radius 2 is 1.29 bits per heavy atom. The van der Waals surface area contributed by atoms with E-state index in [0.29, 0.717) is 16.6 Å². The maximum absolute atomic E-state index is 12.6. The summed E-state index contributed by atoms with van der Waals surface area (Å²) in [6.45, 7) is 11.6. The topological polar surface area (TPSA) is 17.1 Å². The van der Waals surface area contributed by atoms with Gasteiger partial charge in [-0.1, -0.05) is 41.5 Å². The zero-order valence-electron chi connectivity index (χ0n) is 10.2. The van der Waals surface area contributed by atoms with Gasteiger partial charge < -0.3 is 4.79 Å². The van der Waals surface area contributed by atoms with Crippen LogP contribution in [0.15, 0.2) is 0 Å². The van der Waals surface area contributed by atoms with E-state index in [1.54, 1.807) is 0 Å². The minimum Gasteiger partial charge on any atom is -0.302 e. The largest absolute Gasteiger partial charge is 0.302 e. The quantitative estimate of drug-likeness (QED) is 0.642. The Morgan fingerprint density at radius 3 is 1.36 bits per heavy atom. The van der Waals surface area contributed by atoms with Crippen LogP contribution in [0, 0.1) is 0 Å². The predicted molar refractivity (Wildman–Crippen MR) is 62.0 cm³/mol. The van der Waals surface area contributed by atoms with Crippen LogP contribution in [0.25, 0.3) is 0 Å². The average molecular weight is 218 g/mol. The first-order valence-electron chi connectivity index (χ1n) is 5.41. The van der Waals surface area contributed by atoms with E-state index in [1.165, 1.54) is 0 Å². The molecule has 0 radical (unpaired) electrons. The monoisotopic (exact) mass is 218 g/mol. The molecule has 0 bridgehead atoms. The van der Waals surface area contributed by atoms with Gasteiger partial charge in [0.1, 0.15) is 20.2 Å². The van der Waals surface area contributed by atoms with Gasteiger partial charge in [0.15, 0.2) is 0 Å². The highest BCUT2D eigenvalue weighted by Gasteiger charge is 2.49. The maximum Gasteiger partial charge on any atom is 0.144 e. The van der Waals surface area contributed by atoms with Crippen LogP contribution in [-0.2, 0) is 4.79 Å². The van der Waals surface area contributed by atoms with E-state index in [-0.39, 0.29) is 5.41 Å². The molecule has 0 fully saturated rings. The van der Waals surface area contributed by atoms with Crippen molar-refractivity contribution in [3.8, 4) is 0 Å². The summed E-state index contributed by atoms with van der Waals surface area (Å²) < 4.78 is 12.6. The van der Waals surface area contributed by atoms with Gasteiger partial charge in [-0.2, -0.15) is 0 Å². The lowest BCUT2D eigenvalue weighted by Crippen LogP contribution is -2.53. The molecule has 0 saturated carbocycles. The third kappa shape index (κ3) is 2.07. The van der Waals surface area contributed by atoms with Gasteiger partial charge in [-0.3, -0.25) is 0 Å². The third-order valence-electron chi connectivity index (χ3n) is 3.47. The van der Waals surface area contributed by atoms with Crippen molar-refractivity contribution in [2.75, 3.05) is 6.67 Å². The van der Waals surface area contributed by atoms with Gasteiger partial charge in [0.05, 0.1) is 0 Å². The number of rotatable bonds is 5. The van der Waals surface area contributed by atoms with Gasteiger partial charge in [0, 0.05) is 0 Å². The average Bonchev–Trinajstić information content (AvgIpc) is 2.02. The Labute approximate surface area is 88.1 Å². The Bertz CT molecular complexity index is 178. The van der Waals surface area contributed by atoms with Crippen LogP contribution >= 0.6 is 0 Å². The summed E-state index contributed by atoms with van der Waals surface area (Å²) in [6, 6.07) is 0. The summed E-state index contributed by atoms with van der Waals surface area (Å²) in [5, 5.41) is -0.0995. The van der Waals surface area contributed by atoms with Crippen molar-refractivity contribution in [1.82, 2.24) is 0 Å². The van der Waals surface area contributed by atoms with Crippen molar-refractivity contribution in [2.45, 2.75) is 58.2 Å². The standard InChI is InChI=1S/C11H23FOSi/c1-8(2)14(9(3)4,10(5)6)11(13)7-12/h8-10H,7H2,1-6H3. The van der Waals surface area contributed by atoms with E-state index < -0.39 is 14.7 Å². The summed E-state index contributed by atoms with van der Waals surface area (Å²) in [4.78, 5) is 11.8. The predicted octanol–water partition coefficient (Wildman–Crippen LogP) is 3.74. The Morgan fingerprint density at radius 1 is 1.00 bits per heavy atom. The lowest BCUT2D eigenvalue weighted by Gasteiger charge is -2.40. The molecule has 0 rings (SSSR count). The number of halogens is 1. The van der Waals surface area contributed by atoms with Gasteiger partial charge >= 0.3 is 0 Å². The molecular formula is C11H23FOSi. The SMILES string of the molecule is CC(C)[Si](C(=O)CF)(C(C)C)C(C)C. The smallest absolute Gasteiger partial charge is 0.144 e. The van der Waals surface area contributed by atoms with Gasteiger partial charge in [0.25, 0.3) is 0 Å². The highest BCUT2D eigenvalue weighted by Crippen LogP contribution is 2.41. The Hall–Kier alpha value is -0.183. The number of carbonyl (C=O) groups excluding carboxylic acids is 1. The zero-order valence-corrected chi connectivity index (χ0v) is 11.2. The number of carbonyl (C=O) groups is 1. The highest BCUT2D eigenvalue weighted by atomic mass is 28.3. The van der Waals surface area contributed by atoms with Crippen molar-refractivity contribution in [1.29, 1.82) is 0 Å². The van der Waals surface area contributed by atoms with Gasteiger partial charge in [0.2, 0.25) is 0 Å². The van der Waals surface area contributed by atoms with E-state index in [1.807, 2.05) is 0 Å². The van der Waals surface area contributed by atoms with Crippen molar-refractivity contribution in [3.63, 3.8) is 0 Å². The van der Waals surface area contributed by atoms with Crippen LogP contribution in [0.1, 0.15) is 41.5 Å². The van der Waals surface area contributed by atoms with Crippen LogP contribution in [0.5, 0.6) is 0 Å². The molecule has 0 aliphatic carbocycles.